The zero-order valence-electron chi connectivity index (χ0n) is 16.6. The Balaban J connectivity index is 1.53. The van der Waals surface area contributed by atoms with Gasteiger partial charge in [-0.15, -0.1) is 0 Å². The normalized spacial score (nSPS) is 21.1. The molecule has 29 heavy (non-hydrogen) atoms. The first-order valence-corrected chi connectivity index (χ1v) is 9.88. The molecule has 3 atom stereocenters. The molecule has 7 nitrogen and oxygen atoms in total. The van der Waals surface area contributed by atoms with Crippen molar-refractivity contribution in [2.45, 2.75) is 39.2 Å². The van der Waals surface area contributed by atoms with Gasteiger partial charge in [-0.25, -0.2) is 4.98 Å². The fourth-order valence-corrected chi connectivity index (χ4v) is 3.53. The van der Waals surface area contributed by atoms with Crippen LogP contribution < -0.4 is 16.0 Å². The molecule has 0 spiro atoms. The molecule has 3 N–H and O–H groups in total. The van der Waals surface area contributed by atoms with Gasteiger partial charge < -0.3 is 16.0 Å². The molecule has 1 aliphatic rings. The van der Waals surface area contributed by atoms with E-state index < -0.39 is 11.8 Å². The Hall–Kier alpha value is -3.22. The van der Waals surface area contributed by atoms with Crippen LogP contribution >= 0.6 is 0 Å². The number of carbonyl (C=O) groups is 3. The number of nitrogens with one attached hydrogen (secondary N) is 3. The average Bonchev–Trinajstić information content (AvgIpc) is 2.73. The minimum atomic E-state index is -0.724. The number of rotatable bonds is 4. The standard InChI is InChI=1S/C22H26N4O3/c1-14-7-6-10-18(15(14)2)25-22(29)21(28)24-17-11-12-19(23-13-17)26-20(27)16-8-4-3-5-9-16/h3-5,8-9,11-15,18H,6-7,10H2,1-2H3,(H,24,28)(H,25,29)(H,23,26,27)/t14-,15-,18+/m1/s1. The third-order valence-corrected chi connectivity index (χ3v) is 5.53. The van der Waals surface area contributed by atoms with Crippen LogP contribution in [0.15, 0.2) is 48.7 Å². The molecule has 7 heteroatoms. The fourth-order valence-electron chi connectivity index (χ4n) is 3.53. The van der Waals surface area contributed by atoms with Crippen molar-refractivity contribution >= 4 is 29.2 Å². The van der Waals surface area contributed by atoms with E-state index in [0.29, 0.717) is 28.9 Å². The molecule has 1 fully saturated rings. The number of anilines is 2. The van der Waals surface area contributed by atoms with Gasteiger partial charge in [0.2, 0.25) is 0 Å². The van der Waals surface area contributed by atoms with E-state index in [9.17, 15) is 14.4 Å². The van der Waals surface area contributed by atoms with Crippen LogP contribution in [0.1, 0.15) is 43.5 Å². The number of nitrogens with zero attached hydrogens (tertiary/aromatic N) is 1. The maximum absolute atomic E-state index is 12.2. The second-order valence-electron chi connectivity index (χ2n) is 7.55. The van der Waals surface area contributed by atoms with Crippen LogP contribution in [-0.4, -0.2) is 28.7 Å². The van der Waals surface area contributed by atoms with Crippen molar-refractivity contribution in [3.63, 3.8) is 0 Å². The Morgan fingerprint density at radius 2 is 1.69 bits per heavy atom. The Labute approximate surface area is 170 Å². The second-order valence-corrected chi connectivity index (χ2v) is 7.55. The smallest absolute Gasteiger partial charge is 0.313 e. The molecule has 1 aromatic carbocycles. The lowest BCUT2D eigenvalue weighted by Crippen LogP contribution is -2.47. The molecular weight excluding hydrogens is 368 g/mol. The summed E-state index contributed by atoms with van der Waals surface area (Å²) in [5.41, 5.74) is 0.905. The lowest BCUT2D eigenvalue weighted by Gasteiger charge is -2.34. The monoisotopic (exact) mass is 394 g/mol. The lowest BCUT2D eigenvalue weighted by molar-refractivity contribution is -0.137. The molecule has 1 aliphatic carbocycles. The number of hydrogen-bond donors (Lipinski definition) is 3. The summed E-state index contributed by atoms with van der Waals surface area (Å²) in [6.45, 7) is 4.28. The molecule has 3 amide bonds. The molecule has 1 saturated carbocycles. The van der Waals surface area contributed by atoms with E-state index >= 15 is 0 Å². The van der Waals surface area contributed by atoms with Gasteiger partial charge in [-0.1, -0.05) is 44.9 Å². The van der Waals surface area contributed by atoms with E-state index in [-0.39, 0.29) is 11.9 Å². The van der Waals surface area contributed by atoms with Gasteiger partial charge in [0.05, 0.1) is 11.9 Å². The lowest BCUT2D eigenvalue weighted by atomic mass is 9.78. The molecule has 1 heterocycles. The maximum atomic E-state index is 12.2. The summed E-state index contributed by atoms with van der Waals surface area (Å²) in [5.74, 6) is -0.415. The first-order valence-electron chi connectivity index (χ1n) is 9.88. The van der Waals surface area contributed by atoms with Crippen LogP contribution in [0.2, 0.25) is 0 Å². The van der Waals surface area contributed by atoms with Gasteiger partial charge in [0.1, 0.15) is 5.82 Å². The number of aromatic nitrogens is 1. The fraction of sp³-hybridized carbons (Fsp3) is 0.364. The molecule has 1 aromatic heterocycles. The highest BCUT2D eigenvalue weighted by Gasteiger charge is 2.29. The van der Waals surface area contributed by atoms with Gasteiger partial charge in [0.25, 0.3) is 5.91 Å². The van der Waals surface area contributed by atoms with Crippen molar-refractivity contribution in [3.8, 4) is 0 Å². The van der Waals surface area contributed by atoms with Gasteiger partial charge in [0, 0.05) is 11.6 Å². The Morgan fingerprint density at radius 3 is 2.38 bits per heavy atom. The first-order chi connectivity index (χ1) is 13.9. The topological polar surface area (TPSA) is 100 Å². The van der Waals surface area contributed by atoms with Crippen LogP contribution in [0.3, 0.4) is 0 Å². The van der Waals surface area contributed by atoms with Gasteiger partial charge in [-0.3, -0.25) is 14.4 Å². The van der Waals surface area contributed by atoms with E-state index in [0.717, 1.165) is 19.3 Å². The van der Waals surface area contributed by atoms with Crippen molar-refractivity contribution in [2.24, 2.45) is 11.8 Å². The molecular formula is C22H26N4O3. The largest absolute Gasteiger partial charge is 0.345 e. The third-order valence-electron chi connectivity index (χ3n) is 5.53. The van der Waals surface area contributed by atoms with E-state index in [2.05, 4.69) is 34.8 Å². The summed E-state index contributed by atoms with van der Waals surface area (Å²) in [6, 6.07) is 12.0. The molecule has 0 bridgehead atoms. The minimum absolute atomic E-state index is 0.0192. The van der Waals surface area contributed by atoms with Crippen LogP contribution in [0.5, 0.6) is 0 Å². The summed E-state index contributed by atoms with van der Waals surface area (Å²) in [4.78, 5) is 40.7. The van der Waals surface area contributed by atoms with Crippen molar-refractivity contribution in [1.82, 2.24) is 10.3 Å². The first kappa shape index (κ1) is 20.5. The minimum Gasteiger partial charge on any atom is -0.345 e. The van der Waals surface area contributed by atoms with Crippen molar-refractivity contribution in [1.29, 1.82) is 0 Å². The van der Waals surface area contributed by atoms with E-state index in [1.54, 1.807) is 36.4 Å². The van der Waals surface area contributed by atoms with Crippen molar-refractivity contribution in [2.75, 3.05) is 10.6 Å². The molecule has 0 radical (unpaired) electrons. The van der Waals surface area contributed by atoms with Crippen LogP contribution in [0.4, 0.5) is 11.5 Å². The quantitative estimate of drug-likeness (QED) is 0.693. The van der Waals surface area contributed by atoms with E-state index in [1.807, 2.05) is 6.07 Å². The number of pyridine rings is 1. The molecule has 0 aliphatic heterocycles. The van der Waals surface area contributed by atoms with E-state index in [1.165, 1.54) is 6.20 Å². The average molecular weight is 394 g/mol. The van der Waals surface area contributed by atoms with Gasteiger partial charge in [-0.05, 0) is 42.5 Å². The summed E-state index contributed by atoms with van der Waals surface area (Å²) < 4.78 is 0. The summed E-state index contributed by atoms with van der Waals surface area (Å²) in [5, 5.41) is 8.07. The summed E-state index contributed by atoms with van der Waals surface area (Å²) in [6.07, 6.45) is 4.50. The number of benzene rings is 1. The van der Waals surface area contributed by atoms with Gasteiger partial charge >= 0.3 is 11.8 Å². The highest BCUT2D eigenvalue weighted by molar-refractivity contribution is 6.39. The SMILES string of the molecule is C[C@@H]1[C@H](C)CCC[C@@H]1NC(=O)C(=O)Nc1ccc(NC(=O)c2ccccc2)nc1. The number of hydrogen-bond acceptors (Lipinski definition) is 4. The highest BCUT2D eigenvalue weighted by atomic mass is 16.2. The summed E-state index contributed by atoms with van der Waals surface area (Å²) in [7, 11) is 0. The van der Waals surface area contributed by atoms with E-state index in [4.69, 9.17) is 0 Å². The predicted molar refractivity (Wildman–Crippen MR) is 111 cm³/mol. The van der Waals surface area contributed by atoms with Crippen LogP contribution in [-0.2, 0) is 9.59 Å². The van der Waals surface area contributed by atoms with Crippen LogP contribution in [0.25, 0.3) is 0 Å². The van der Waals surface area contributed by atoms with Crippen molar-refractivity contribution in [3.05, 3.63) is 54.2 Å². The third kappa shape index (κ3) is 5.40. The van der Waals surface area contributed by atoms with Crippen molar-refractivity contribution < 1.29 is 14.4 Å². The molecule has 0 unspecified atom stereocenters. The zero-order valence-corrected chi connectivity index (χ0v) is 16.6. The predicted octanol–water partition coefficient (Wildman–Crippen LogP) is 3.21. The van der Waals surface area contributed by atoms with Gasteiger partial charge in [0.15, 0.2) is 0 Å². The number of carbonyl (C=O) groups excluding carboxylic acids is 3. The second kappa shape index (κ2) is 9.32. The highest BCUT2D eigenvalue weighted by Crippen LogP contribution is 2.29. The Kier molecular flexibility index (Phi) is 6.59. The Morgan fingerprint density at radius 1 is 0.931 bits per heavy atom. The van der Waals surface area contributed by atoms with Gasteiger partial charge in [-0.2, -0.15) is 0 Å². The summed E-state index contributed by atoms with van der Waals surface area (Å²) >= 11 is 0. The molecule has 0 saturated heterocycles. The molecule has 2 aromatic rings. The zero-order chi connectivity index (χ0) is 20.8. The Bertz CT molecular complexity index is 867. The maximum Gasteiger partial charge on any atom is 0.313 e. The molecule has 152 valence electrons. The molecule has 3 rings (SSSR count). The van der Waals surface area contributed by atoms with Crippen LogP contribution in [0, 0.1) is 11.8 Å². The number of amides is 3.